The van der Waals surface area contributed by atoms with Gasteiger partial charge in [0, 0.05) is 23.2 Å². The molecule has 0 spiro atoms. The summed E-state index contributed by atoms with van der Waals surface area (Å²) in [4.78, 5) is 0. The molecule has 1 saturated carbocycles. The van der Waals surface area contributed by atoms with Gasteiger partial charge >= 0.3 is 0 Å². The Hall–Kier alpha value is -0.440. The van der Waals surface area contributed by atoms with E-state index in [9.17, 15) is 5.11 Å². The molecule has 0 aliphatic heterocycles. The molecule has 18 heavy (non-hydrogen) atoms. The van der Waals surface area contributed by atoms with Crippen LogP contribution in [0.5, 0.6) is 5.75 Å². The Kier molecular flexibility index (Phi) is 4.77. The van der Waals surface area contributed by atoms with Crippen LogP contribution in [-0.4, -0.2) is 11.1 Å². The molecule has 0 aromatic heterocycles. The van der Waals surface area contributed by atoms with Crippen molar-refractivity contribution in [2.24, 2.45) is 5.92 Å². The zero-order valence-corrected chi connectivity index (χ0v) is 12.1. The monoisotopic (exact) mass is 287 g/mol. The van der Waals surface area contributed by atoms with E-state index < -0.39 is 0 Å². The Balaban J connectivity index is 1.97. The van der Waals surface area contributed by atoms with Crippen LogP contribution in [-0.2, 0) is 6.54 Å². The summed E-state index contributed by atoms with van der Waals surface area (Å²) in [5.74, 6) is 0.922. The van der Waals surface area contributed by atoms with Crippen molar-refractivity contribution >= 4 is 23.2 Å². The van der Waals surface area contributed by atoms with Crippen molar-refractivity contribution in [1.82, 2.24) is 5.32 Å². The van der Waals surface area contributed by atoms with Gasteiger partial charge < -0.3 is 10.4 Å². The van der Waals surface area contributed by atoms with Crippen LogP contribution in [0.2, 0.25) is 10.0 Å². The topological polar surface area (TPSA) is 32.3 Å². The molecule has 4 heteroatoms. The quantitative estimate of drug-likeness (QED) is 0.865. The Labute approximate surface area is 118 Å². The van der Waals surface area contributed by atoms with Crippen molar-refractivity contribution in [3.05, 3.63) is 27.7 Å². The lowest BCUT2D eigenvalue weighted by Crippen LogP contribution is -2.33. The number of rotatable bonds is 3. The van der Waals surface area contributed by atoms with Gasteiger partial charge in [-0.3, -0.25) is 0 Å². The molecule has 2 rings (SSSR count). The summed E-state index contributed by atoms with van der Waals surface area (Å²) in [5.41, 5.74) is 0.769. The van der Waals surface area contributed by atoms with Gasteiger partial charge in [0.25, 0.3) is 0 Å². The second kappa shape index (κ2) is 6.14. The number of nitrogens with one attached hydrogen (secondary N) is 1. The molecule has 1 fully saturated rings. The minimum atomic E-state index is 0.137. The summed E-state index contributed by atoms with van der Waals surface area (Å²) in [6.45, 7) is 2.91. The first kappa shape index (κ1) is 14.0. The van der Waals surface area contributed by atoms with Gasteiger partial charge in [-0.15, -0.1) is 0 Å². The maximum absolute atomic E-state index is 9.87. The largest absolute Gasteiger partial charge is 0.506 e. The predicted octanol–water partition coefficient (Wildman–Crippen LogP) is 4.37. The van der Waals surface area contributed by atoms with Crippen LogP contribution in [0, 0.1) is 5.92 Å². The summed E-state index contributed by atoms with van der Waals surface area (Å²) < 4.78 is 0. The molecular formula is C14H19Cl2NO. The van der Waals surface area contributed by atoms with Gasteiger partial charge in [0.2, 0.25) is 0 Å². The fraction of sp³-hybridized carbons (Fsp3) is 0.571. The van der Waals surface area contributed by atoms with E-state index in [0.29, 0.717) is 22.6 Å². The lowest BCUT2D eigenvalue weighted by Gasteiger charge is -2.27. The molecule has 0 radical (unpaired) electrons. The third-order valence-electron chi connectivity index (χ3n) is 3.62. The van der Waals surface area contributed by atoms with Gasteiger partial charge in [-0.1, -0.05) is 43.0 Å². The zero-order valence-electron chi connectivity index (χ0n) is 10.5. The summed E-state index contributed by atoms with van der Waals surface area (Å²) >= 11 is 11.8. The molecule has 2 atom stereocenters. The van der Waals surface area contributed by atoms with Gasteiger partial charge in [0.1, 0.15) is 5.75 Å². The first-order valence-electron chi connectivity index (χ1n) is 6.46. The van der Waals surface area contributed by atoms with Crippen LogP contribution in [0.15, 0.2) is 12.1 Å². The fourth-order valence-corrected chi connectivity index (χ4v) is 3.16. The van der Waals surface area contributed by atoms with E-state index in [1.807, 2.05) is 0 Å². The van der Waals surface area contributed by atoms with Gasteiger partial charge in [0.15, 0.2) is 0 Å². The number of halogens is 2. The maximum atomic E-state index is 9.87. The SMILES string of the molecule is CC1CCCC(NCc2cc(Cl)cc(Cl)c2O)C1. The van der Waals surface area contributed by atoms with Crippen LogP contribution in [0.3, 0.4) is 0 Å². The molecule has 0 saturated heterocycles. The van der Waals surface area contributed by atoms with Gasteiger partial charge in [-0.25, -0.2) is 0 Å². The molecule has 0 bridgehead atoms. The maximum Gasteiger partial charge on any atom is 0.138 e. The van der Waals surface area contributed by atoms with Crippen molar-refractivity contribution < 1.29 is 5.11 Å². The second-order valence-corrected chi connectivity index (χ2v) is 6.09. The van der Waals surface area contributed by atoms with E-state index >= 15 is 0 Å². The number of phenolic OH excluding ortho intramolecular Hbond substituents is 1. The van der Waals surface area contributed by atoms with E-state index in [0.717, 1.165) is 11.5 Å². The normalized spacial score (nSPS) is 24.2. The average Bonchev–Trinajstić information content (AvgIpc) is 2.32. The standard InChI is InChI=1S/C14H19Cl2NO/c1-9-3-2-4-12(5-9)17-8-10-6-11(15)7-13(16)14(10)18/h6-7,9,12,17-18H,2-5,8H2,1H3. The van der Waals surface area contributed by atoms with E-state index in [4.69, 9.17) is 23.2 Å². The van der Waals surface area contributed by atoms with Crippen LogP contribution < -0.4 is 5.32 Å². The Bertz CT molecular complexity index is 423. The molecule has 1 aromatic carbocycles. The highest BCUT2D eigenvalue weighted by Crippen LogP contribution is 2.31. The summed E-state index contributed by atoms with van der Waals surface area (Å²) in [5, 5.41) is 14.2. The first-order valence-corrected chi connectivity index (χ1v) is 7.22. The summed E-state index contributed by atoms with van der Waals surface area (Å²) in [6.07, 6.45) is 5.02. The van der Waals surface area contributed by atoms with Crippen molar-refractivity contribution in [2.45, 2.75) is 45.2 Å². The van der Waals surface area contributed by atoms with Gasteiger partial charge in [0.05, 0.1) is 5.02 Å². The molecule has 100 valence electrons. The summed E-state index contributed by atoms with van der Waals surface area (Å²) in [6, 6.07) is 3.86. The number of phenols is 1. The number of hydrogen-bond donors (Lipinski definition) is 2. The summed E-state index contributed by atoms with van der Waals surface area (Å²) in [7, 11) is 0. The number of aromatic hydroxyl groups is 1. The minimum absolute atomic E-state index is 0.137. The average molecular weight is 288 g/mol. The number of hydrogen-bond acceptors (Lipinski definition) is 2. The highest BCUT2D eigenvalue weighted by molar-refractivity contribution is 6.35. The third-order valence-corrected chi connectivity index (χ3v) is 4.13. The Morgan fingerprint density at radius 1 is 1.33 bits per heavy atom. The van der Waals surface area contributed by atoms with Crippen LogP contribution in [0.4, 0.5) is 0 Å². The van der Waals surface area contributed by atoms with E-state index in [1.165, 1.54) is 25.7 Å². The van der Waals surface area contributed by atoms with Crippen LogP contribution in [0.25, 0.3) is 0 Å². The van der Waals surface area contributed by atoms with Crippen LogP contribution >= 0.6 is 23.2 Å². The van der Waals surface area contributed by atoms with Crippen molar-refractivity contribution in [2.75, 3.05) is 0 Å². The molecule has 0 heterocycles. The van der Waals surface area contributed by atoms with Gasteiger partial charge in [-0.2, -0.15) is 0 Å². The smallest absolute Gasteiger partial charge is 0.138 e. The number of benzene rings is 1. The van der Waals surface area contributed by atoms with Crippen molar-refractivity contribution in [1.29, 1.82) is 0 Å². The zero-order chi connectivity index (χ0) is 13.1. The molecule has 1 aromatic rings. The molecular weight excluding hydrogens is 269 g/mol. The Morgan fingerprint density at radius 3 is 2.83 bits per heavy atom. The Morgan fingerprint density at radius 2 is 2.11 bits per heavy atom. The lowest BCUT2D eigenvalue weighted by molar-refractivity contribution is 0.299. The molecule has 2 N–H and O–H groups in total. The molecule has 1 aliphatic rings. The van der Waals surface area contributed by atoms with Crippen molar-refractivity contribution in [3.63, 3.8) is 0 Å². The van der Waals surface area contributed by atoms with E-state index in [2.05, 4.69) is 12.2 Å². The highest BCUT2D eigenvalue weighted by Gasteiger charge is 2.18. The van der Waals surface area contributed by atoms with E-state index in [1.54, 1.807) is 12.1 Å². The molecule has 2 unspecified atom stereocenters. The highest BCUT2D eigenvalue weighted by atomic mass is 35.5. The molecule has 2 nitrogen and oxygen atoms in total. The molecule has 1 aliphatic carbocycles. The molecule has 0 amide bonds. The van der Waals surface area contributed by atoms with Crippen molar-refractivity contribution in [3.8, 4) is 5.75 Å². The lowest BCUT2D eigenvalue weighted by atomic mass is 9.87. The van der Waals surface area contributed by atoms with E-state index in [-0.39, 0.29) is 5.75 Å². The minimum Gasteiger partial charge on any atom is -0.506 e. The first-order chi connectivity index (χ1) is 8.56. The predicted molar refractivity (Wildman–Crippen MR) is 76.4 cm³/mol. The fourth-order valence-electron chi connectivity index (χ4n) is 2.63. The van der Waals surface area contributed by atoms with Crippen LogP contribution in [0.1, 0.15) is 38.2 Å². The third kappa shape index (κ3) is 3.53. The van der Waals surface area contributed by atoms with Gasteiger partial charge in [-0.05, 0) is 30.9 Å². The second-order valence-electron chi connectivity index (χ2n) is 5.24.